The Kier molecular flexibility index (Phi) is 17.1. The van der Waals surface area contributed by atoms with Crippen molar-refractivity contribution in [2.75, 3.05) is 54.1 Å². The standard InChI is InChI=1S/C23H28N6O3.C16H22BN3O3.C12H18BNO2/c1-15-13-31-12-11-29(15)21-18-14-32-23(2,3)19(18)27-20(28-21)16-5-7-17(8-6-16)26-22(30)25-10-4-9-24;1-15(2)16(3,4)23-17(22-15)12-6-8-13(9-7-12)20-14(21)19-11-5-10-18;1-11(2)12(3,4)16-13(15-11)9-5-7-10(14)8-6-9/h5-8,15H,4,10-14H2,1-3H3,(H2,25,26,30);6-9H,5,11H2,1-4H3,(H2,19,20,21);5-8H,14H2,1-4H3/t15-;;/m0../s1. The molecule has 20 heteroatoms. The Labute approximate surface area is 418 Å². The molecule has 5 heterocycles. The van der Waals surface area contributed by atoms with E-state index in [2.05, 4.69) is 33.1 Å². The molecule has 376 valence electrons. The Morgan fingerprint density at radius 3 is 1.61 bits per heavy atom. The van der Waals surface area contributed by atoms with Crippen LogP contribution in [0.25, 0.3) is 11.4 Å². The third-order valence-corrected chi connectivity index (χ3v) is 13.4. The van der Waals surface area contributed by atoms with Crippen LogP contribution in [0.15, 0.2) is 72.8 Å². The first-order valence-corrected chi connectivity index (χ1v) is 24.0. The van der Waals surface area contributed by atoms with E-state index in [0.717, 1.165) is 45.8 Å². The summed E-state index contributed by atoms with van der Waals surface area (Å²) in [5, 5.41) is 27.7. The van der Waals surface area contributed by atoms with Crippen molar-refractivity contribution in [3.8, 4) is 23.5 Å². The molecule has 0 bridgehead atoms. The number of morpholine rings is 1. The van der Waals surface area contributed by atoms with E-state index >= 15 is 0 Å². The lowest BCUT2D eigenvalue weighted by molar-refractivity contribution is -0.0100. The van der Waals surface area contributed by atoms with Gasteiger partial charge in [-0.25, -0.2) is 19.6 Å². The molecule has 3 saturated heterocycles. The highest BCUT2D eigenvalue weighted by Gasteiger charge is 2.52. The second-order valence-corrected chi connectivity index (χ2v) is 20.2. The van der Waals surface area contributed by atoms with Gasteiger partial charge in [0.05, 0.1) is 78.9 Å². The number of anilines is 4. The Hall–Kier alpha value is -6.25. The van der Waals surface area contributed by atoms with Crippen LogP contribution < -0.4 is 42.8 Å². The van der Waals surface area contributed by atoms with Gasteiger partial charge in [0.2, 0.25) is 0 Å². The van der Waals surface area contributed by atoms with E-state index in [4.69, 9.17) is 54.3 Å². The van der Waals surface area contributed by atoms with E-state index in [1.54, 1.807) is 12.1 Å². The fourth-order valence-electron chi connectivity index (χ4n) is 7.68. The van der Waals surface area contributed by atoms with Gasteiger partial charge in [0.15, 0.2) is 5.82 Å². The number of hydrogen-bond acceptors (Lipinski definition) is 14. The average molecular weight is 971 g/mol. The topological polar surface area (TPSA) is 240 Å². The Morgan fingerprint density at radius 1 is 0.704 bits per heavy atom. The van der Waals surface area contributed by atoms with Crippen LogP contribution in [-0.2, 0) is 40.3 Å². The van der Waals surface area contributed by atoms with E-state index in [9.17, 15) is 9.59 Å². The fourth-order valence-corrected chi connectivity index (χ4v) is 7.68. The molecule has 1 atom stereocenters. The first-order chi connectivity index (χ1) is 33.5. The van der Waals surface area contributed by atoms with Crippen molar-refractivity contribution in [2.45, 2.75) is 130 Å². The lowest BCUT2D eigenvalue weighted by Gasteiger charge is -2.35. The van der Waals surface area contributed by atoms with Crippen LogP contribution in [0.4, 0.5) is 32.5 Å². The summed E-state index contributed by atoms with van der Waals surface area (Å²) < 4.78 is 35.5. The van der Waals surface area contributed by atoms with Gasteiger partial charge in [-0.2, -0.15) is 10.5 Å². The van der Waals surface area contributed by atoms with Crippen molar-refractivity contribution in [1.82, 2.24) is 20.6 Å². The summed E-state index contributed by atoms with van der Waals surface area (Å²) >= 11 is 0. The minimum atomic E-state index is -0.486. The first kappa shape index (κ1) is 54.1. The summed E-state index contributed by atoms with van der Waals surface area (Å²) in [5.74, 6) is 1.53. The maximum atomic E-state index is 11.9. The normalized spacial score (nSPS) is 19.6. The number of ether oxygens (including phenoxy) is 2. The van der Waals surface area contributed by atoms with Crippen molar-refractivity contribution in [3.63, 3.8) is 0 Å². The molecule has 4 amide bonds. The van der Waals surface area contributed by atoms with Crippen molar-refractivity contribution >= 4 is 60.1 Å². The quantitative estimate of drug-likeness (QED) is 0.0627. The first-order valence-electron chi connectivity index (χ1n) is 24.0. The lowest BCUT2D eigenvalue weighted by atomic mass is 9.79. The highest BCUT2D eigenvalue weighted by Crippen LogP contribution is 2.41. The van der Waals surface area contributed by atoms with Crippen LogP contribution in [0.3, 0.4) is 0 Å². The SMILES string of the molecule is CC1(C)OB(c2ccc(N)cc2)OC1(C)C.CC1(C)OB(c2ccc(NC(=O)NCCC#N)cc2)OC1(C)C.C[C@H]1COCCN1c1nc(-c2ccc(NC(=O)NCCC#N)cc2)nc2c1COC2(C)C. The molecule has 0 radical (unpaired) electrons. The zero-order valence-electron chi connectivity index (χ0n) is 42.9. The third-order valence-electron chi connectivity index (χ3n) is 13.4. The number of fused-ring (bicyclic) bond motifs is 1. The number of nitrogen functional groups attached to an aromatic ring is 1. The monoisotopic (exact) mass is 971 g/mol. The van der Waals surface area contributed by atoms with E-state index in [1.165, 1.54) is 0 Å². The number of rotatable bonds is 10. The van der Waals surface area contributed by atoms with Crippen molar-refractivity contribution < 1.29 is 37.7 Å². The summed E-state index contributed by atoms with van der Waals surface area (Å²) in [6.07, 6.45) is 0.556. The van der Waals surface area contributed by atoms with Gasteiger partial charge in [0, 0.05) is 47.8 Å². The molecule has 4 aliphatic heterocycles. The number of urea groups is 2. The molecular formula is C51H68B2N10O8. The van der Waals surface area contributed by atoms with Crippen molar-refractivity contribution in [3.05, 3.63) is 84.1 Å². The molecule has 1 aromatic heterocycles. The van der Waals surface area contributed by atoms with E-state index in [1.807, 2.05) is 142 Å². The number of hydrogen-bond donors (Lipinski definition) is 5. The van der Waals surface area contributed by atoms with Gasteiger partial charge in [-0.05, 0) is 136 Å². The highest BCUT2D eigenvalue weighted by molar-refractivity contribution is 6.62. The molecule has 0 saturated carbocycles. The van der Waals surface area contributed by atoms with E-state index in [0.29, 0.717) is 50.1 Å². The van der Waals surface area contributed by atoms with Crippen LogP contribution >= 0.6 is 0 Å². The number of nitrogens with one attached hydrogen (secondary N) is 4. The zero-order chi connectivity index (χ0) is 51.8. The van der Waals surface area contributed by atoms with Crippen LogP contribution in [0.2, 0.25) is 0 Å². The number of benzene rings is 3. The Balaban J connectivity index is 0.000000185. The minimum Gasteiger partial charge on any atom is -0.399 e. The van der Waals surface area contributed by atoms with Gasteiger partial charge < -0.3 is 60.0 Å². The molecule has 3 aromatic carbocycles. The molecule has 3 fully saturated rings. The van der Waals surface area contributed by atoms with Gasteiger partial charge in [-0.3, -0.25) is 0 Å². The average Bonchev–Trinajstić information content (AvgIpc) is 3.84. The van der Waals surface area contributed by atoms with Crippen LogP contribution in [-0.4, -0.2) is 97.6 Å². The second-order valence-electron chi connectivity index (χ2n) is 20.2. The van der Waals surface area contributed by atoms with Gasteiger partial charge in [-0.15, -0.1) is 0 Å². The molecule has 8 rings (SSSR count). The molecule has 4 aliphatic rings. The number of nitrogens with zero attached hydrogens (tertiary/aromatic N) is 5. The van der Waals surface area contributed by atoms with E-state index in [-0.39, 0.29) is 60.5 Å². The Morgan fingerprint density at radius 2 is 1.15 bits per heavy atom. The largest absolute Gasteiger partial charge is 0.494 e. The van der Waals surface area contributed by atoms with Crippen LogP contribution in [0.1, 0.15) is 100 Å². The number of carbonyl (C=O) groups excluding carboxylic acids is 2. The minimum absolute atomic E-state index is 0.213. The van der Waals surface area contributed by atoms with Gasteiger partial charge >= 0.3 is 26.3 Å². The molecule has 0 aliphatic carbocycles. The smallest absolute Gasteiger partial charge is 0.399 e. The fraction of sp³-hybridized carbons (Fsp3) is 0.490. The summed E-state index contributed by atoms with van der Waals surface area (Å²) in [4.78, 5) is 35.6. The number of amides is 4. The maximum absolute atomic E-state index is 11.9. The van der Waals surface area contributed by atoms with Crippen molar-refractivity contribution in [1.29, 1.82) is 10.5 Å². The predicted molar refractivity (Wildman–Crippen MR) is 276 cm³/mol. The molecule has 0 unspecified atom stereocenters. The molecular weight excluding hydrogens is 902 g/mol. The number of nitriles is 2. The lowest BCUT2D eigenvalue weighted by Crippen LogP contribution is -2.44. The predicted octanol–water partition coefficient (Wildman–Crippen LogP) is 6.76. The second kappa shape index (κ2) is 22.4. The highest BCUT2D eigenvalue weighted by atomic mass is 16.7. The molecule has 71 heavy (non-hydrogen) atoms. The maximum Gasteiger partial charge on any atom is 0.494 e. The molecule has 18 nitrogen and oxygen atoms in total. The van der Waals surface area contributed by atoms with Gasteiger partial charge in [0.25, 0.3) is 0 Å². The van der Waals surface area contributed by atoms with Crippen LogP contribution in [0.5, 0.6) is 0 Å². The third kappa shape index (κ3) is 13.4. The summed E-state index contributed by atoms with van der Waals surface area (Å²) in [5.41, 5.74) is 10.6. The van der Waals surface area contributed by atoms with Gasteiger partial charge in [-0.1, -0.05) is 24.3 Å². The molecule has 0 spiro atoms. The molecule has 6 N–H and O–H groups in total. The molecule has 4 aromatic rings. The summed E-state index contributed by atoms with van der Waals surface area (Å²) in [6.45, 7) is 25.6. The number of aromatic nitrogens is 2. The number of nitrogens with two attached hydrogens (primary N) is 1. The Bertz CT molecular complexity index is 2530. The van der Waals surface area contributed by atoms with Crippen molar-refractivity contribution in [2.24, 2.45) is 0 Å². The summed E-state index contributed by atoms with van der Waals surface area (Å²) in [6, 6.07) is 25.8. The summed E-state index contributed by atoms with van der Waals surface area (Å²) in [7, 11) is -0.718. The number of carbonyl (C=O) groups is 2. The zero-order valence-corrected chi connectivity index (χ0v) is 42.9. The van der Waals surface area contributed by atoms with Crippen LogP contribution in [0, 0.1) is 22.7 Å². The van der Waals surface area contributed by atoms with Gasteiger partial charge in [0.1, 0.15) is 11.4 Å². The van der Waals surface area contributed by atoms with E-state index < -0.39 is 12.7 Å².